The van der Waals surface area contributed by atoms with Crippen molar-refractivity contribution in [2.24, 2.45) is 0 Å². The number of para-hydroxylation sites is 3. The fourth-order valence-corrected chi connectivity index (χ4v) is 11.7. The Hall–Kier alpha value is -6.26. The Bertz CT molecular complexity index is 3460. The van der Waals surface area contributed by atoms with E-state index in [1.165, 1.54) is 116 Å². The summed E-state index contributed by atoms with van der Waals surface area (Å²) in [6, 6.07) is 53.9. The van der Waals surface area contributed by atoms with Crippen LogP contribution in [0.4, 0.5) is 11.4 Å². The highest BCUT2D eigenvalue weighted by Gasteiger charge is 2.53. The van der Waals surface area contributed by atoms with E-state index < -0.39 is 0 Å². The summed E-state index contributed by atoms with van der Waals surface area (Å²) in [6.45, 7) is 26.0. The Kier molecular flexibility index (Phi) is 7.61. The summed E-state index contributed by atoms with van der Waals surface area (Å²) >= 11 is 0. The quantitative estimate of drug-likeness (QED) is 0.158. The molecular weight excluding hydrogens is 761 g/mol. The fourth-order valence-electron chi connectivity index (χ4n) is 11.7. The van der Waals surface area contributed by atoms with Gasteiger partial charge < -0.3 is 13.9 Å². The third kappa shape index (κ3) is 5.15. The molecule has 3 nitrogen and oxygen atoms in total. The van der Waals surface area contributed by atoms with Gasteiger partial charge in [-0.25, -0.2) is 0 Å². The zero-order chi connectivity index (χ0) is 43.7. The standard InChI is InChI=1S/C59H56BN3/c1-56(2,3)35-24-27-39(28-25-35)62-49-34-37(58(7,8)9)33-44-41-21-17-22-43-50-48(31-29-42-40-20-15-16-23-47(40)61(54(42)50)38-18-13-12-14-19-38)63(53(41)43)60(51(44)49)52-45-32-36(57(4,5)6)26-30-46(45)59(10,11)55(52)62/h12-34H,1-11H3. The van der Waals surface area contributed by atoms with Crippen molar-refractivity contribution in [1.82, 2.24) is 9.05 Å². The van der Waals surface area contributed by atoms with Gasteiger partial charge in [-0.15, -0.1) is 0 Å². The molecule has 0 spiro atoms. The van der Waals surface area contributed by atoms with Crippen LogP contribution in [-0.4, -0.2) is 15.9 Å². The van der Waals surface area contributed by atoms with Gasteiger partial charge >= 0.3 is 6.85 Å². The molecule has 0 saturated heterocycles. The number of aromatic nitrogens is 2. The van der Waals surface area contributed by atoms with Gasteiger partial charge in [0.25, 0.3) is 0 Å². The van der Waals surface area contributed by atoms with Gasteiger partial charge in [-0.1, -0.05) is 173 Å². The van der Waals surface area contributed by atoms with E-state index >= 15 is 0 Å². The number of hydrogen-bond donors (Lipinski definition) is 0. The van der Waals surface area contributed by atoms with Crippen molar-refractivity contribution < 1.29 is 0 Å². The second kappa shape index (κ2) is 12.5. The van der Waals surface area contributed by atoms with Gasteiger partial charge in [0.1, 0.15) is 0 Å². The van der Waals surface area contributed by atoms with Gasteiger partial charge in [0, 0.05) is 66.3 Å². The molecule has 4 heteroatoms. The SMILES string of the molecule is CC(C)(C)c1ccc(N2C3=C(B4c5c(cc(C(C)(C)C)cc52)-c2cccc5c6c(ccc7c8ccccc8n(-c8ccccc8)c76)n4c25)c2cc(C(C)(C)C)ccc2C3(C)C)cc1. The maximum Gasteiger partial charge on any atom is 0.333 e. The normalized spacial score (nSPS) is 15.5. The highest BCUT2D eigenvalue weighted by Crippen LogP contribution is 2.58. The van der Waals surface area contributed by atoms with E-state index in [9.17, 15) is 0 Å². The number of allylic oxidation sites excluding steroid dienone is 1. The van der Waals surface area contributed by atoms with Gasteiger partial charge in [0.15, 0.2) is 0 Å². The summed E-state index contributed by atoms with van der Waals surface area (Å²) in [5, 5.41) is 5.19. The molecule has 0 amide bonds. The van der Waals surface area contributed by atoms with Crippen molar-refractivity contribution in [3.8, 4) is 16.8 Å². The largest absolute Gasteiger partial charge is 0.375 e. The van der Waals surface area contributed by atoms with E-state index in [-0.39, 0.29) is 28.5 Å². The van der Waals surface area contributed by atoms with Crippen LogP contribution < -0.4 is 10.4 Å². The Morgan fingerprint density at radius 2 is 1.13 bits per heavy atom. The minimum absolute atomic E-state index is 0.00661. The fraction of sp³-hybridized carbons (Fsp3) is 0.254. The summed E-state index contributed by atoms with van der Waals surface area (Å²) in [6.07, 6.45) is 0. The van der Waals surface area contributed by atoms with Crippen molar-refractivity contribution in [3.05, 3.63) is 173 Å². The lowest BCUT2D eigenvalue weighted by Crippen LogP contribution is -2.50. The lowest BCUT2D eigenvalue weighted by atomic mass is 9.43. The highest BCUT2D eigenvalue weighted by atomic mass is 15.2. The van der Waals surface area contributed by atoms with Gasteiger partial charge in [-0.05, 0) is 103 Å². The molecule has 9 aromatic rings. The van der Waals surface area contributed by atoms with Gasteiger partial charge in [0.2, 0.25) is 0 Å². The molecule has 7 aromatic carbocycles. The van der Waals surface area contributed by atoms with Gasteiger partial charge in [0.05, 0.1) is 11.0 Å². The Morgan fingerprint density at radius 1 is 0.476 bits per heavy atom. The van der Waals surface area contributed by atoms with Crippen LogP contribution >= 0.6 is 0 Å². The van der Waals surface area contributed by atoms with Crippen LogP contribution in [0.1, 0.15) is 104 Å². The predicted octanol–water partition coefficient (Wildman–Crippen LogP) is 14.9. The first-order valence-electron chi connectivity index (χ1n) is 23.0. The van der Waals surface area contributed by atoms with Crippen molar-refractivity contribution in [2.45, 2.75) is 97.8 Å². The minimum atomic E-state index is -0.286. The van der Waals surface area contributed by atoms with Crippen LogP contribution in [0.15, 0.2) is 145 Å². The third-order valence-electron chi connectivity index (χ3n) is 14.9. The average Bonchev–Trinajstić information content (AvgIpc) is 3.85. The molecule has 0 fully saturated rings. The Labute approximate surface area is 372 Å². The summed E-state index contributed by atoms with van der Waals surface area (Å²) in [5.74, 6) is 0. The zero-order valence-electron chi connectivity index (χ0n) is 38.7. The molecule has 2 aliphatic heterocycles. The van der Waals surface area contributed by atoms with Crippen molar-refractivity contribution >= 4 is 72.8 Å². The lowest BCUT2D eigenvalue weighted by molar-refractivity contribution is 0.586. The van der Waals surface area contributed by atoms with E-state index in [1.807, 2.05) is 0 Å². The Morgan fingerprint density at radius 3 is 1.84 bits per heavy atom. The average molecular weight is 818 g/mol. The molecule has 4 heterocycles. The van der Waals surface area contributed by atoms with Gasteiger partial charge in [-0.2, -0.15) is 0 Å². The van der Waals surface area contributed by atoms with E-state index in [0.29, 0.717) is 0 Å². The van der Waals surface area contributed by atoms with Crippen molar-refractivity contribution in [3.63, 3.8) is 0 Å². The molecule has 63 heavy (non-hydrogen) atoms. The van der Waals surface area contributed by atoms with Crippen molar-refractivity contribution in [1.29, 1.82) is 0 Å². The van der Waals surface area contributed by atoms with Crippen LogP contribution in [0, 0.1) is 0 Å². The van der Waals surface area contributed by atoms with E-state index in [0.717, 1.165) is 0 Å². The maximum absolute atomic E-state index is 2.78. The number of hydrogen-bond acceptors (Lipinski definition) is 1. The number of nitrogens with zero attached hydrogens (tertiary/aromatic N) is 3. The molecule has 0 bridgehead atoms. The zero-order valence-corrected chi connectivity index (χ0v) is 38.7. The molecule has 0 atom stereocenters. The summed E-state index contributed by atoms with van der Waals surface area (Å²) < 4.78 is 5.30. The molecule has 12 rings (SSSR count). The van der Waals surface area contributed by atoms with Crippen LogP contribution in [-0.2, 0) is 21.7 Å². The van der Waals surface area contributed by atoms with Crippen LogP contribution in [0.2, 0.25) is 0 Å². The van der Waals surface area contributed by atoms with E-state index in [1.54, 1.807) is 0 Å². The summed E-state index contributed by atoms with van der Waals surface area (Å²) in [7, 11) is 0. The molecular formula is C59H56BN3. The molecule has 2 aromatic heterocycles. The maximum atomic E-state index is 2.78. The van der Waals surface area contributed by atoms with E-state index in [2.05, 4.69) is 230 Å². The first-order chi connectivity index (χ1) is 29.9. The molecule has 3 aliphatic rings. The molecule has 0 saturated carbocycles. The first-order valence-corrected chi connectivity index (χ1v) is 23.0. The number of benzene rings is 7. The topological polar surface area (TPSA) is 13.1 Å². The third-order valence-corrected chi connectivity index (χ3v) is 14.9. The molecule has 310 valence electrons. The van der Waals surface area contributed by atoms with Crippen LogP contribution in [0.3, 0.4) is 0 Å². The van der Waals surface area contributed by atoms with Crippen LogP contribution in [0.5, 0.6) is 0 Å². The molecule has 0 radical (unpaired) electrons. The Balaban J connectivity index is 1.28. The van der Waals surface area contributed by atoms with Crippen LogP contribution in [0.25, 0.3) is 65.9 Å². The van der Waals surface area contributed by atoms with Gasteiger partial charge in [-0.3, -0.25) is 0 Å². The smallest absolute Gasteiger partial charge is 0.333 e. The van der Waals surface area contributed by atoms with E-state index in [4.69, 9.17) is 0 Å². The lowest BCUT2D eigenvalue weighted by Gasteiger charge is -2.44. The number of rotatable bonds is 2. The summed E-state index contributed by atoms with van der Waals surface area (Å²) in [4.78, 5) is 2.69. The van der Waals surface area contributed by atoms with Crippen molar-refractivity contribution in [2.75, 3.05) is 4.90 Å². The summed E-state index contributed by atoms with van der Waals surface area (Å²) in [5.41, 5.74) is 22.2. The molecule has 0 unspecified atom stereocenters. The minimum Gasteiger partial charge on any atom is -0.375 e. The number of anilines is 2. The monoisotopic (exact) mass is 817 g/mol. The predicted molar refractivity (Wildman–Crippen MR) is 271 cm³/mol. The number of fused-ring (bicyclic) bond motifs is 12. The highest BCUT2D eigenvalue weighted by molar-refractivity contribution is 6.93. The molecule has 1 aliphatic carbocycles. The second-order valence-electron chi connectivity index (χ2n) is 22.3. The molecule has 0 N–H and O–H groups in total. The second-order valence-corrected chi connectivity index (χ2v) is 22.3. The first kappa shape index (κ1) is 38.4.